The van der Waals surface area contributed by atoms with Crippen molar-refractivity contribution >= 4 is 103 Å². The number of aliphatic carboxylic acids is 1. The molecule has 0 radical (unpaired) electrons. The number of carboxylic acids is 1. The number of carbonyl (C=O) groups is 6. The van der Waals surface area contributed by atoms with Gasteiger partial charge in [0.05, 0.1) is 0 Å². The molecule has 2 aromatic rings. The molecule has 19 nitrogen and oxygen atoms in total. The molecule has 23 heteroatoms. The second kappa shape index (κ2) is 13.9. The molecule has 4 aliphatic heterocycles. The van der Waals surface area contributed by atoms with Crippen molar-refractivity contribution in [1.29, 1.82) is 0 Å². The number of β-lactam (4-membered cyclic amide) rings is 2. The van der Waals surface area contributed by atoms with Crippen LogP contribution in [-0.2, 0) is 38.4 Å². The van der Waals surface area contributed by atoms with Gasteiger partial charge < -0.3 is 31.1 Å². The molecule has 2 fully saturated rings. The van der Waals surface area contributed by atoms with E-state index in [9.17, 15) is 33.9 Å². The van der Waals surface area contributed by atoms with E-state index in [1.54, 1.807) is 6.08 Å². The number of rotatable bonds is 11. The Kier molecular flexibility index (Phi) is 9.58. The Bertz CT molecular complexity index is 1890. The number of fused-ring (bicyclic) bond motifs is 2. The van der Waals surface area contributed by atoms with Crippen molar-refractivity contribution in [3.8, 4) is 0 Å². The predicted molar refractivity (Wildman–Crippen MR) is 178 cm³/mol. The second-order valence-electron chi connectivity index (χ2n) is 10.1. The van der Waals surface area contributed by atoms with E-state index in [4.69, 9.17) is 15.4 Å². The van der Waals surface area contributed by atoms with E-state index in [0.717, 1.165) is 27.6 Å². The summed E-state index contributed by atoms with van der Waals surface area (Å²) >= 11 is 4.70. The average molecular weight is 749 g/mol. The normalized spacial score (nSPS) is 23.1. The minimum atomic E-state index is -1.24. The van der Waals surface area contributed by atoms with E-state index in [1.165, 1.54) is 59.5 Å². The summed E-state index contributed by atoms with van der Waals surface area (Å²) < 4.78 is 0. The number of thiazole rings is 2. The van der Waals surface area contributed by atoms with Gasteiger partial charge in [-0.1, -0.05) is 10.3 Å². The van der Waals surface area contributed by atoms with Crippen LogP contribution in [0.25, 0.3) is 0 Å². The number of carboxylic acid groups (broad SMARTS) is 1. The van der Waals surface area contributed by atoms with E-state index in [-0.39, 0.29) is 44.5 Å². The molecule has 0 aliphatic carbocycles. The van der Waals surface area contributed by atoms with Gasteiger partial charge in [0.1, 0.15) is 59.8 Å². The SMILES string of the molecule is CO/N=C(\C(=O)N[C@@H]1C(=O)N2C(C(=O)O)=CCSC12)c1csc(NC(=O)C2=CCSC3[C@H](NC(=O)/C(=N\OC)c4csc(N)n4)C(=O)N23)n1. The monoisotopic (exact) mass is 748 g/mol. The third-order valence-corrected chi connectivity index (χ3v) is 11.0. The minimum absolute atomic E-state index is 0.0231. The van der Waals surface area contributed by atoms with Crippen molar-refractivity contribution in [2.24, 2.45) is 10.3 Å². The first-order valence-electron chi connectivity index (χ1n) is 13.9. The van der Waals surface area contributed by atoms with E-state index < -0.39 is 58.3 Å². The van der Waals surface area contributed by atoms with Crippen molar-refractivity contribution in [3.05, 3.63) is 45.7 Å². The van der Waals surface area contributed by atoms with Crippen molar-refractivity contribution in [2.45, 2.75) is 22.8 Å². The smallest absolute Gasteiger partial charge is 0.352 e. The minimum Gasteiger partial charge on any atom is -0.477 e. The van der Waals surface area contributed by atoms with Crippen LogP contribution < -0.4 is 21.7 Å². The number of nitrogens with two attached hydrogens (primary N) is 1. The average Bonchev–Trinajstić information content (AvgIpc) is 3.74. The molecule has 49 heavy (non-hydrogen) atoms. The van der Waals surface area contributed by atoms with E-state index in [1.807, 2.05) is 0 Å². The van der Waals surface area contributed by atoms with Gasteiger partial charge >= 0.3 is 5.97 Å². The van der Waals surface area contributed by atoms with Gasteiger partial charge in [-0.2, -0.15) is 0 Å². The summed E-state index contributed by atoms with van der Waals surface area (Å²) in [5, 5.41) is 26.7. The molecule has 5 amide bonds. The highest BCUT2D eigenvalue weighted by molar-refractivity contribution is 8.00. The van der Waals surface area contributed by atoms with E-state index in [0.29, 0.717) is 11.5 Å². The van der Waals surface area contributed by atoms with Crippen molar-refractivity contribution in [3.63, 3.8) is 0 Å². The third-order valence-electron chi connectivity index (χ3n) is 7.24. The lowest BCUT2D eigenvalue weighted by atomic mass is 10.0. The number of aromatic nitrogens is 2. The quantitative estimate of drug-likeness (QED) is 0.107. The van der Waals surface area contributed by atoms with Gasteiger partial charge in [-0.25, -0.2) is 14.8 Å². The van der Waals surface area contributed by atoms with Crippen LogP contribution in [0.3, 0.4) is 0 Å². The molecular formula is C26H24N10O9S4. The summed E-state index contributed by atoms with van der Waals surface area (Å²) in [4.78, 5) is 97.1. The number of hydrogen-bond donors (Lipinski definition) is 5. The standard InChI is InChI=1S/C26H24N10O9S4/c1-44-33-13(9-7-48-25(27)28-9)18(38)30-15-20(40)35-11(3-5-46-22(15)35)17(37)32-26-29-10(8-49-26)14(34-45-2)19(39)31-16-21(41)36-12(24(42)43)4-6-47-23(16)36/h3-4,7-8,15-16,22-23H,5-6H2,1-2H3,(H2,27,28)(H,30,38)(H,31,39)(H,42,43)(H,29,32,37)/b33-13-,34-14-/t15-,16-,22?,23?/m1/s1. The summed E-state index contributed by atoms with van der Waals surface area (Å²) in [7, 11) is 2.47. The summed E-state index contributed by atoms with van der Waals surface area (Å²) in [5.41, 5.74) is 5.32. The zero-order chi connectivity index (χ0) is 35.0. The summed E-state index contributed by atoms with van der Waals surface area (Å²) in [6, 6.07) is -1.96. The topological polar surface area (TPSA) is 260 Å². The molecule has 6 N–H and O–H groups in total. The van der Waals surface area contributed by atoms with E-state index in [2.05, 4.69) is 36.2 Å². The number of nitrogens with one attached hydrogen (secondary N) is 3. The van der Waals surface area contributed by atoms with Gasteiger partial charge in [-0.3, -0.25) is 39.1 Å². The molecule has 256 valence electrons. The first-order chi connectivity index (χ1) is 23.5. The number of anilines is 2. The van der Waals surface area contributed by atoms with Gasteiger partial charge in [0.25, 0.3) is 29.5 Å². The second-order valence-corrected chi connectivity index (χ2v) is 14.1. The van der Waals surface area contributed by atoms with Crippen LogP contribution in [0.1, 0.15) is 11.4 Å². The maximum absolute atomic E-state index is 13.3. The molecule has 0 saturated carbocycles. The number of hydrogen-bond acceptors (Lipinski definition) is 17. The predicted octanol–water partition coefficient (Wildman–Crippen LogP) is -0.826. The Morgan fingerprint density at radius 1 is 0.857 bits per heavy atom. The Balaban J connectivity index is 1.08. The van der Waals surface area contributed by atoms with Crippen LogP contribution in [0.15, 0.2) is 44.6 Å². The number of carbonyl (C=O) groups excluding carboxylic acids is 5. The molecule has 6 heterocycles. The van der Waals surface area contributed by atoms with Crippen LogP contribution in [0, 0.1) is 0 Å². The molecular weight excluding hydrogens is 725 g/mol. The van der Waals surface area contributed by atoms with Gasteiger partial charge in [0.15, 0.2) is 21.7 Å². The van der Waals surface area contributed by atoms with Gasteiger partial charge in [0.2, 0.25) is 0 Å². The molecule has 6 rings (SSSR count). The lowest BCUT2D eigenvalue weighted by Gasteiger charge is -2.48. The van der Waals surface area contributed by atoms with Gasteiger partial charge in [0, 0.05) is 22.3 Å². The Hall–Kier alpha value is -5.00. The number of nitrogens with zero attached hydrogens (tertiary/aromatic N) is 6. The summed E-state index contributed by atoms with van der Waals surface area (Å²) in [5.74, 6) is -3.83. The lowest BCUT2D eigenvalue weighted by Crippen LogP contribution is -2.70. The maximum Gasteiger partial charge on any atom is 0.352 e. The lowest BCUT2D eigenvalue weighted by molar-refractivity contribution is -0.150. The van der Waals surface area contributed by atoms with Crippen LogP contribution in [0.2, 0.25) is 0 Å². The van der Waals surface area contributed by atoms with Crippen molar-refractivity contribution in [1.82, 2.24) is 30.4 Å². The molecule has 2 aromatic heterocycles. The zero-order valence-electron chi connectivity index (χ0n) is 25.1. The van der Waals surface area contributed by atoms with E-state index >= 15 is 0 Å². The third kappa shape index (κ3) is 6.31. The molecule has 0 bridgehead atoms. The Labute approximate surface area is 292 Å². The fraction of sp³-hybridized carbons (Fsp3) is 0.308. The van der Waals surface area contributed by atoms with Crippen molar-refractivity contribution in [2.75, 3.05) is 36.8 Å². The van der Waals surface area contributed by atoms with Gasteiger partial charge in [-0.05, 0) is 12.2 Å². The number of thioether (sulfide) groups is 2. The van der Waals surface area contributed by atoms with Crippen molar-refractivity contribution < 1.29 is 43.5 Å². The summed E-state index contributed by atoms with van der Waals surface area (Å²) in [6.07, 6.45) is 2.99. The fourth-order valence-electron chi connectivity index (χ4n) is 5.10. The number of oxime groups is 2. The largest absolute Gasteiger partial charge is 0.477 e. The molecule has 0 spiro atoms. The summed E-state index contributed by atoms with van der Waals surface area (Å²) in [6.45, 7) is 0. The highest BCUT2D eigenvalue weighted by atomic mass is 32.2. The first-order valence-corrected chi connectivity index (χ1v) is 17.7. The Morgan fingerprint density at radius 3 is 1.88 bits per heavy atom. The zero-order valence-corrected chi connectivity index (χ0v) is 28.4. The fourth-order valence-corrected chi connectivity index (χ4v) is 8.72. The van der Waals surface area contributed by atoms with Crippen LogP contribution in [0.5, 0.6) is 0 Å². The molecule has 4 atom stereocenters. The highest BCUT2D eigenvalue weighted by Crippen LogP contribution is 2.39. The number of amides is 5. The van der Waals surface area contributed by atoms with Crippen LogP contribution in [-0.4, -0.2) is 120 Å². The van der Waals surface area contributed by atoms with Gasteiger partial charge in [-0.15, -0.1) is 46.2 Å². The molecule has 2 saturated heterocycles. The molecule has 4 aliphatic rings. The first kappa shape index (κ1) is 33.9. The number of nitrogen functional groups attached to an aromatic ring is 1. The maximum atomic E-state index is 13.3. The highest BCUT2D eigenvalue weighted by Gasteiger charge is 2.54. The molecule has 0 aromatic carbocycles. The van der Waals surface area contributed by atoms with Crippen LogP contribution in [0.4, 0.5) is 10.3 Å². The molecule has 2 unspecified atom stereocenters. The Morgan fingerprint density at radius 2 is 1.37 bits per heavy atom. The van der Waals surface area contributed by atoms with Crippen LogP contribution >= 0.6 is 46.2 Å².